The van der Waals surface area contributed by atoms with Crippen molar-refractivity contribution in [2.24, 2.45) is 0 Å². The lowest BCUT2D eigenvalue weighted by molar-refractivity contribution is 0.101. The highest BCUT2D eigenvalue weighted by atomic mass is 16.5. The number of anilines is 2. The molecule has 0 spiro atoms. The predicted octanol–water partition coefficient (Wildman–Crippen LogP) is 5.21. The Morgan fingerprint density at radius 3 is 1.93 bits per heavy atom. The molecule has 0 bridgehead atoms. The highest BCUT2D eigenvalue weighted by Crippen LogP contribution is 2.24. The largest absolute Gasteiger partial charge is 0.492 e. The summed E-state index contributed by atoms with van der Waals surface area (Å²) in [6.07, 6.45) is 0. The lowest BCUT2D eigenvalue weighted by atomic mass is 10.1. The summed E-state index contributed by atoms with van der Waals surface area (Å²) < 4.78 is 5.53. The zero-order valence-electron chi connectivity index (χ0n) is 16.8. The number of carbonyl (C=O) groups excluding carboxylic acids is 2. The summed E-state index contributed by atoms with van der Waals surface area (Å²) in [6, 6.07) is 19.6. The number of carbonyl (C=O) groups is 2. The number of benzene rings is 3. The lowest BCUT2D eigenvalue weighted by Crippen LogP contribution is -2.15. The van der Waals surface area contributed by atoms with Gasteiger partial charge in [0, 0.05) is 16.8 Å². The standard InChI is InChI=1S/C24H24N2O3/c1-4-29-22-11-6-5-9-21(22)26-24(28)19-14-12-18(13-15-19)23(27)25-20-10-7-8-16(2)17(20)3/h5-15H,4H2,1-3H3,(H,25,27)(H,26,28). The first-order chi connectivity index (χ1) is 14.0. The van der Waals surface area contributed by atoms with Gasteiger partial charge in [0.25, 0.3) is 11.8 Å². The van der Waals surface area contributed by atoms with Crippen molar-refractivity contribution in [2.45, 2.75) is 20.8 Å². The Morgan fingerprint density at radius 2 is 1.31 bits per heavy atom. The molecular weight excluding hydrogens is 364 g/mol. The maximum absolute atomic E-state index is 12.6. The Hall–Kier alpha value is -3.60. The number of ether oxygens (including phenoxy) is 1. The third kappa shape index (κ3) is 4.82. The molecule has 2 N–H and O–H groups in total. The molecule has 3 rings (SSSR count). The first-order valence-corrected chi connectivity index (χ1v) is 9.50. The van der Waals surface area contributed by atoms with Crippen LogP contribution in [0.15, 0.2) is 66.7 Å². The van der Waals surface area contributed by atoms with Gasteiger partial charge in [0.1, 0.15) is 5.75 Å². The second-order valence-electron chi connectivity index (χ2n) is 6.66. The van der Waals surface area contributed by atoms with Gasteiger partial charge in [-0.15, -0.1) is 0 Å². The van der Waals surface area contributed by atoms with Gasteiger partial charge in [0.2, 0.25) is 0 Å². The lowest BCUT2D eigenvalue weighted by Gasteiger charge is -2.12. The van der Waals surface area contributed by atoms with Crippen LogP contribution in [-0.2, 0) is 0 Å². The molecule has 0 saturated heterocycles. The van der Waals surface area contributed by atoms with Gasteiger partial charge in [-0.1, -0.05) is 24.3 Å². The SMILES string of the molecule is CCOc1ccccc1NC(=O)c1ccc(C(=O)Nc2cccc(C)c2C)cc1. The van der Waals surface area contributed by atoms with Crippen LogP contribution in [0.5, 0.6) is 5.75 Å². The van der Waals surface area contributed by atoms with Gasteiger partial charge in [0.15, 0.2) is 0 Å². The molecule has 0 unspecified atom stereocenters. The smallest absolute Gasteiger partial charge is 0.255 e. The van der Waals surface area contributed by atoms with Crippen LogP contribution in [0.4, 0.5) is 11.4 Å². The average Bonchev–Trinajstić information content (AvgIpc) is 2.73. The fourth-order valence-corrected chi connectivity index (χ4v) is 2.90. The van der Waals surface area contributed by atoms with Crippen molar-refractivity contribution >= 4 is 23.2 Å². The normalized spacial score (nSPS) is 10.3. The van der Waals surface area contributed by atoms with Crippen LogP contribution in [0.1, 0.15) is 38.8 Å². The molecule has 3 aromatic carbocycles. The van der Waals surface area contributed by atoms with Crippen molar-refractivity contribution in [3.05, 3.63) is 89.0 Å². The van der Waals surface area contributed by atoms with Crippen LogP contribution >= 0.6 is 0 Å². The minimum absolute atomic E-state index is 0.215. The highest BCUT2D eigenvalue weighted by Gasteiger charge is 2.12. The Balaban J connectivity index is 1.70. The summed E-state index contributed by atoms with van der Waals surface area (Å²) in [5.41, 5.74) is 4.48. The monoisotopic (exact) mass is 388 g/mol. The number of para-hydroxylation sites is 2. The van der Waals surface area contributed by atoms with Crippen molar-refractivity contribution in [1.82, 2.24) is 0 Å². The molecule has 29 heavy (non-hydrogen) atoms. The van der Waals surface area contributed by atoms with E-state index in [1.807, 2.05) is 51.1 Å². The van der Waals surface area contributed by atoms with Crippen LogP contribution in [0.25, 0.3) is 0 Å². The average molecular weight is 388 g/mol. The van der Waals surface area contributed by atoms with Crippen molar-refractivity contribution < 1.29 is 14.3 Å². The van der Waals surface area contributed by atoms with Crippen molar-refractivity contribution in [3.8, 4) is 5.75 Å². The quantitative estimate of drug-likeness (QED) is 0.609. The number of hydrogen-bond acceptors (Lipinski definition) is 3. The summed E-state index contributed by atoms with van der Waals surface area (Å²) in [5, 5.41) is 5.77. The molecule has 2 amide bonds. The molecule has 0 aromatic heterocycles. The summed E-state index contributed by atoms with van der Waals surface area (Å²) >= 11 is 0. The van der Waals surface area contributed by atoms with Crippen molar-refractivity contribution in [3.63, 3.8) is 0 Å². The first kappa shape index (κ1) is 20.1. The van der Waals surface area contributed by atoms with Crippen LogP contribution in [0, 0.1) is 13.8 Å². The van der Waals surface area contributed by atoms with Crippen molar-refractivity contribution in [1.29, 1.82) is 0 Å². The number of hydrogen-bond donors (Lipinski definition) is 2. The fraction of sp³-hybridized carbons (Fsp3) is 0.167. The molecule has 5 heteroatoms. The zero-order valence-corrected chi connectivity index (χ0v) is 16.8. The van der Waals surface area contributed by atoms with Crippen LogP contribution in [0.2, 0.25) is 0 Å². The van der Waals surface area contributed by atoms with Gasteiger partial charge >= 0.3 is 0 Å². The summed E-state index contributed by atoms with van der Waals surface area (Å²) in [5.74, 6) is 0.138. The van der Waals surface area contributed by atoms with Crippen LogP contribution < -0.4 is 15.4 Å². The van der Waals surface area contributed by atoms with Gasteiger partial charge < -0.3 is 15.4 Å². The fourth-order valence-electron chi connectivity index (χ4n) is 2.90. The van der Waals surface area contributed by atoms with E-state index in [2.05, 4.69) is 10.6 Å². The van der Waals surface area contributed by atoms with Gasteiger partial charge in [0.05, 0.1) is 12.3 Å². The van der Waals surface area contributed by atoms with E-state index in [4.69, 9.17) is 4.74 Å². The molecule has 0 fully saturated rings. The first-order valence-electron chi connectivity index (χ1n) is 9.50. The van der Waals surface area contributed by atoms with E-state index in [-0.39, 0.29) is 11.8 Å². The molecule has 0 radical (unpaired) electrons. The Labute approximate surface area is 170 Å². The second kappa shape index (κ2) is 9.06. The number of nitrogens with one attached hydrogen (secondary N) is 2. The van der Waals surface area contributed by atoms with Crippen LogP contribution in [0.3, 0.4) is 0 Å². The van der Waals surface area contributed by atoms with Crippen molar-refractivity contribution in [2.75, 3.05) is 17.2 Å². The molecule has 5 nitrogen and oxygen atoms in total. The van der Waals surface area contributed by atoms with Gasteiger partial charge in [-0.05, 0) is 74.4 Å². The van der Waals surface area contributed by atoms with E-state index < -0.39 is 0 Å². The summed E-state index contributed by atoms with van der Waals surface area (Å²) in [4.78, 5) is 25.1. The van der Waals surface area contributed by atoms with Gasteiger partial charge in [-0.3, -0.25) is 9.59 Å². The molecule has 0 heterocycles. The third-order valence-electron chi connectivity index (χ3n) is 4.70. The highest BCUT2D eigenvalue weighted by molar-refractivity contribution is 6.07. The number of rotatable bonds is 6. The third-order valence-corrected chi connectivity index (χ3v) is 4.70. The molecular formula is C24H24N2O3. The topological polar surface area (TPSA) is 67.4 Å². The molecule has 0 aliphatic carbocycles. The Bertz CT molecular complexity index is 1030. The van der Waals surface area contributed by atoms with E-state index in [1.54, 1.807) is 36.4 Å². The minimum Gasteiger partial charge on any atom is -0.492 e. The van der Waals surface area contributed by atoms with E-state index in [0.29, 0.717) is 29.2 Å². The maximum atomic E-state index is 12.6. The number of amides is 2. The Morgan fingerprint density at radius 1 is 0.759 bits per heavy atom. The molecule has 148 valence electrons. The second-order valence-corrected chi connectivity index (χ2v) is 6.66. The summed E-state index contributed by atoms with van der Waals surface area (Å²) in [7, 11) is 0. The van der Waals surface area contributed by atoms with E-state index in [0.717, 1.165) is 16.8 Å². The minimum atomic E-state index is -0.265. The molecule has 0 aliphatic heterocycles. The van der Waals surface area contributed by atoms with Crippen LogP contribution in [-0.4, -0.2) is 18.4 Å². The molecule has 0 saturated carbocycles. The number of aryl methyl sites for hydroxylation is 1. The maximum Gasteiger partial charge on any atom is 0.255 e. The van der Waals surface area contributed by atoms with E-state index in [1.165, 1.54) is 0 Å². The van der Waals surface area contributed by atoms with E-state index >= 15 is 0 Å². The van der Waals surface area contributed by atoms with Gasteiger partial charge in [-0.2, -0.15) is 0 Å². The Kier molecular flexibility index (Phi) is 6.29. The van der Waals surface area contributed by atoms with Gasteiger partial charge in [-0.25, -0.2) is 0 Å². The molecule has 0 atom stereocenters. The predicted molar refractivity (Wildman–Crippen MR) is 116 cm³/mol. The molecule has 3 aromatic rings. The van der Waals surface area contributed by atoms with E-state index in [9.17, 15) is 9.59 Å². The summed E-state index contributed by atoms with van der Waals surface area (Å²) in [6.45, 7) is 6.37. The molecule has 0 aliphatic rings. The zero-order chi connectivity index (χ0) is 20.8.